The minimum atomic E-state index is -0.238. The lowest BCUT2D eigenvalue weighted by molar-refractivity contribution is -0.147. The largest absolute Gasteiger partial charge is 0.378 e. The molecule has 0 unspecified atom stereocenters. The number of hydrogen-bond acceptors (Lipinski definition) is 3. The Morgan fingerprint density at radius 2 is 1.83 bits per heavy atom. The molecule has 0 radical (unpaired) electrons. The molecule has 0 aromatic carbocycles. The van der Waals surface area contributed by atoms with Gasteiger partial charge in [-0.15, -0.1) is 0 Å². The van der Waals surface area contributed by atoms with Crippen molar-refractivity contribution in [2.75, 3.05) is 32.8 Å². The van der Waals surface area contributed by atoms with Gasteiger partial charge in [-0.05, 0) is 12.8 Å². The second-order valence-corrected chi connectivity index (χ2v) is 5.28. The third-order valence-corrected chi connectivity index (χ3v) is 3.64. The summed E-state index contributed by atoms with van der Waals surface area (Å²) >= 11 is 0. The van der Waals surface area contributed by atoms with Crippen molar-refractivity contribution < 1.29 is 14.3 Å². The molecule has 0 bridgehead atoms. The maximum Gasteiger partial charge on any atom is 0.245 e. The van der Waals surface area contributed by atoms with Gasteiger partial charge in [0.05, 0.1) is 13.2 Å². The molecule has 5 heteroatoms. The van der Waals surface area contributed by atoms with Gasteiger partial charge in [-0.3, -0.25) is 9.59 Å². The maximum absolute atomic E-state index is 12.4. The molecule has 5 nitrogen and oxygen atoms in total. The van der Waals surface area contributed by atoms with E-state index >= 15 is 0 Å². The minimum Gasteiger partial charge on any atom is -0.378 e. The van der Waals surface area contributed by atoms with Gasteiger partial charge < -0.3 is 14.5 Å². The quantitative estimate of drug-likeness (QED) is 0.720. The van der Waals surface area contributed by atoms with E-state index < -0.39 is 0 Å². The SMILES string of the molecule is CC(C)C(=O)N1CCC[C@@H]1C(=O)N1CCOCC1. The standard InChI is InChI=1S/C13H22N2O3/c1-10(2)12(16)15-5-3-4-11(15)13(17)14-6-8-18-9-7-14/h10-11H,3-9H2,1-2H3/t11-/m1/s1. The van der Waals surface area contributed by atoms with E-state index in [4.69, 9.17) is 4.74 Å². The summed E-state index contributed by atoms with van der Waals surface area (Å²) in [7, 11) is 0. The number of ether oxygens (including phenoxy) is 1. The highest BCUT2D eigenvalue weighted by Crippen LogP contribution is 2.22. The van der Waals surface area contributed by atoms with Crippen LogP contribution in [0.3, 0.4) is 0 Å². The minimum absolute atomic E-state index is 0.0388. The summed E-state index contributed by atoms with van der Waals surface area (Å²) in [6.07, 6.45) is 1.73. The van der Waals surface area contributed by atoms with Crippen molar-refractivity contribution in [1.82, 2.24) is 9.80 Å². The van der Waals surface area contributed by atoms with Gasteiger partial charge in [0.15, 0.2) is 0 Å². The highest BCUT2D eigenvalue weighted by Gasteiger charge is 2.37. The van der Waals surface area contributed by atoms with Crippen LogP contribution in [0.2, 0.25) is 0 Å². The monoisotopic (exact) mass is 254 g/mol. The molecule has 102 valence electrons. The first kappa shape index (κ1) is 13.3. The van der Waals surface area contributed by atoms with Gasteiger partial charge in [-0.1, -0.05) is 13.8 Å². The van der Waals surface area contributed by atoms with Crippen molar-refractivity contribution in [1.29, 1.82) is 0 Å². The van der Waals surface area contributed by atoms with Gasteiger partial charge in [0, 0.05) is 25.6 Å². The van der Waals surface area contributed by atoms with Crippen LogP contribution in [0.25, 0.3) is 0 Å². The van der Waals surface area contributed by atoms with Gasteiger partial charge in [0.2, 0.25) is 11.8 Å². The normalized spacial score (nSPS) is 24.7. The fourth-order valence-electron chi connectivity index (χ4n) is 2.61. The molecule has 2 saturated heterocycles. The average molecular weight is 254 g/mol. The van der Waals surface area contributed by atoms with Crippen molar-refractivity contribution in [3.8, 4) is 0 Å². The summed E-state index contributed by atoms with van der Waals surface area (Å²) in [4.78, 5) is 28.1. The molecule has 2 rings (SSSR count). The Morgan fingerprint density at radius 3 is 2.44 bits per heavy atom. The molecule has 0 aliphatic carbocycles. The summed E-state index contributed by atoms with van der Waals surface area (Å²) in [5.41, 5.74) is 0. The molecule has 0 spiro atoms. The molecule has 1 atom stereocenters. The van der Waals surface area contributed by atoms with E-state index in [0.717, 1.165) is 19.4 Å². The number of likely N-dealkylation sites (tertiary alicyclic amines) is 1. The molecule has 2 amide bonds. The molecular weight excluding hydrogens is 232 g/mol. The van der Waals surface area contributed by atoms with Crippen molar-refractivity contribution in [3.63, 3.8) is 0 Å². The van der Waals surface area contributed by atoms with Gasteiger partial charge in [-0.2, -0.15) is 0 Å². The first-order chi connectivity index (χ1) is 8.61. The number of carbonyl (C=O) groups is 2. The fourth-order valence-corrected chi connectivity index (χ4v) is 2.61. The fraction of sp³-hybridized carbons (Fsp3) is 0.846. The number of hydrogen-bond donors (Lipinski definition) is 0. The lowest BCUT2D eigenvalue weighted by Crippen LogP contribution is -2.51. The summed E-state index contributed by atoms with van der Waals surface area (Å²) in [6.45, 7) is 7.01. The van der Waals surface area contributed by atoms with E-state index in [1.54, 1.807) is 4.90 Å². The van der Waals surface area contributed by atoms with Crippen molar-refractivity contribution in [2.24, 2.45) is 5.92 Å². The maximum atomic E-state index is 12.4. The van der Waals surface area contributed by atoms with Crippen LogP contribution >= 0.6 is 0 Å². The third kappa shape index (κ3) is 2.66. The van der Waals surface area contributed by atoms with E-state index in [2.05, 4.69) is 0 Å². The molecule has 2 aliphatic rings. The number of amides is 2. The molecule has 2 heterocycles. The Balaban J connectivity index is 2.01. The Bertz CT molecular complexity index is 324. The predicted octanol–water partition coefficient (Wildman–Crippen LogP) is 0.492. The first-order valence-corrected chi connectivity index (χ1v) is 6.78. The van der Waals surface area contributed by atoms with Crippen LogP contribution in [0.5, 0.6) is 0 Å². The first-order valence-electron chi connectivity index (χ1n) is 6.78. The zero-order chi connectivity index (χ0) is 13.1. The van der Waals surface area contributed by atoms with Crippen LogP contribution in [-0.2, 0) is 14.3 Å². The molecule has 2 fully saturated rings. The summed E-state index contributed by atoms with van der Waals surface area (Å²) in [6, 6.07) is -0.238. The predicted molar refractivity (Wildman–Crippen MR) is 67.0 cm³/mol. The lowest BCUT2D eigenvalue weighted by Gasteiger charge is -2.33. The zero-order valence-corrected chi connectivity index (χ0v) is 11.2. The van der Waals surface area contributed by atoms with Crippen molar-refractivity contribution in [3.05, 3.63) is 0 Å². The molecule has 0 saturated carbocycles. The highest BCUT2D eigenvalue weighted by molar-refractivity contribution is 5.89. The Kier molecular flexibility index (Phi) is 4.22. The van der Waals surface area contributed by atoms with Crippen LogP contribution in [0.15, 0.2) is 0 Å². The Hall–Kier alpha value is -1.10. The van der Waals surface area contributed by atoms with Crippen LogP contribution in [0, 0.1) is 5.92 Å². The molecule has 0 N–H and O–H groups in total. The summed E-state index contributed by atoms with van der Waals surface area (Å²) in [5, 5.41) is 0. The Labute approximate surface area is 108 Å². The smallest absolute Gasteiger partial charge is 0.245 e. The van der Waals surface area contributed by atoms with E-state index in [-0.39, 0.29) is 23.8 Å². The molecular formula is C13H22N2O3. The van der Waals surface area contributed by atoms with E-state index in [1.165, 1.54) is 0 Å². The van der Waals surface area contributed by atoms with Crippen LogP contribution in [-0.4, -0.2) is 60.5 Å². The molecule has 2 aliphatic heterocycles. The zero-order valence-electron chi connectivity index (χ0n) is 11.2. The molecule has 18 heavy (non-hydrogen) atoms. The van der Waals surface area contributed by atoms with E-state index in [9.17, 15) is 9.59 Å². The van der Waals surface area contributed by atoms with Gasteiger partial charge in [-0.25, -0.2) is 0 Å². The van der Waals surface area contributed by atoms with Gasteiger partial charge in [0.25, 0.3) is 0 Å². The summed E-state index contributed by atoms with van der Waals surface area (Å²) < 4.78 is 5.25. The lowest BCUT2D eigenvalue weighted by atomic mass is 10.1. The van der Waals surface area contributed by atoms with Crippen LogP contribution in [0.1, 0.15) is 26.7 Å². The van der Waals surface area contributed by atoms with E-state index in [1.807, 2.05) is 18.7 Å². The number of rotatable bonds is 2. The van der Waals surface area contributed by atoms with Crippen LogP contribution in [0.4, 0.5) is 0 Å². The van der Waals surface area contributed by atoms with Crippen LogP contribution < -0.4 is 0 Å². The van der Waals surface area contributed by atoms with Gasteiger partial charge in [0.1, 0.15) is 6.04 Å². The highest BCUT2D eigenvalue weighted by atomic mass is 16.5. The number of carbonyl (C=O) groups excluding carboxylic acids is 2. The number of nitrogens with zero attached hydrogens (tertiary/aromatic N) is 2. The molecule has 0 aromatic heterocycles. The van der Waals surface area contributed by atoms with E-state index in [0.29, 0.717) is 26.3 Å². The van der Waals surface area contributed by atoms with Gasteiger partial charge >= 0.3 is 0 Å². The van der Waals surface area contributed by atoms with Crippen molar-refractivity contribution >= 4 is 11.8 Å². The second kappa shape index (κ2) is 5.69. The second-order valence-electron chi connectivity index (χ2n) is 5.28. The van der Waals surface area contributed by atoms with Crippen molar-refractivity contribution in [2.45, 2.75) is 32.7 Å². The average Bonchev–Trinajstić information content (AvgIpc) is 2.87. The third-order valence-electron chi connectivity index (χ3n) is 3.64. The summed E-state index contributed by atoms with van der Waals surface area (Å²) in [5.74, 6) is 0.159. The number of morpholine rings is 1. The topological polar surface area (TPSA) is 49.9 Å². The Morgan fingerprint density at radius 1 is 1.17 bits per heavy atom. The molecule has 0 aromatic rings.